The topological polar surface area (TPSA) is 61.3 Å². The largest absolute Gasteiger partial charge is 0.384 e. The van der Waals surface area contributed by atoms with Gasteiger partial charge in [0.05, 0.1) is 27.9 Å². The first-order chi connectivity index (χ1) is 8.63. The van der Waals surface area contributed by atoms with Crippen LogP contribution >= 0.6 is 23.2 Å². The summed E-state index contributed by atoms with van der Waals surface area (Å²) < 4.78 is 10.0. The van der Waals surface area contributed by atoms with E-state index < -0.39 is 0 Å². The highest BCUT2D eigenvalue weighted by Crippen LogP contribution is 2.34. The molecule has 2 N–H and O–H groups in total. The number of hydrogen-bond donors (Lipinski definition) is 1. The summed E-state index contributed by atoms with van der Waals surface area (Å²) >= 11 is 11.9. The van der Waals surface area contributed by atoms with Gasteiger partial charge in [0.2, 0.25) is 5.88 Å². The highest BCUT2D eigenvalue weighted by atomic mass is 35.5. The van der Waals surface area contributed by atoms with Gasteiger partial charge in [-0.2, -0.15) is 0 Å². The number of nitrogens with zero attached hydrogens (tertiary/aromatic N) is 1. The maximum Gasteiger partial charge on any atom is 0.230 e. The summed E-state index contributed by atoms with van der Waals surface area (Å²) in [6.07, 6.45) is 0.618. The number of benzene rings is 1. The van der Waals surface area contributed by atoms with Crippen LogP contribution in [0.15, 0.2) is 22.7 Å². The zero-order chi connectivity index (χ0) is 13.1. The lowest BCUT2D eigenvalue weighted by Gasteiger charge is -2.04. The van der Waals surface area contributed by atoms with E-state index in [2.05, 4.69) is 5.16 Å². The van der Waals surface area contributed by atoms with Crippen molar-refractivity contribution in [3.8, 4) is 11.1 Å². The maximum absolute atomic E-state index is 5.99. The van der Waals surface area contributed by atoms with Crippen molar-refractivity contribution < 1.29 is 9.26 Å². The van der Waals surface area contributed by atoms with Gasteiger partial charge in [-0.3, -0.25) is 0 Å². The SMILES string of the molecule is COCCc1noc(N)c1-c1ccc(Cl)c(Cl)c1. The zero-order valence-electron chi connectivity index (χ0n) is 9.74. The van der Waals surface area contributed by atoms with Crippen LogP contribution in [-0.2, 0) is 11.2 Å². The van der Waals surface area contributed by atoms with Crippen molar-refractivity contribution in [3.63, 3.8) is 0 Å². The van der Waals surface area contributed by atoms with Gasteiger partial charge in [0.25, 0.3) is 0 Å². The molecule has 2 aromatic rings. The first-order valence-corrected chi connectivity index (χ1v) is 6.07. The lowest BCUT2D eigenvalue weighted by atomic mass is 10.0. The first-order valence-electron chi connectivity index (χ1n) is 5.32. The molecule has 0 radical (unpaired) electrons. The van der Waals surface area contributed by atoms with Crippen molar-refractivity contribution in [3.05, 3.63) is 33.9 Å². The third kappa shape index (κ3) is 2.61. The van der Waals surface area contributed by atoms with E-state index in [4.69, 9.17) is 38.2 Å². The molecular weight excluding hydrogens is 275 g/mol. The molecule has 1 aromatic carbocycles. The van der Waals surface area contributed by atoms with E-state index >= 15 is 0 Å². The van der Waals surface area contributed by atoms with Gasteiger partial charge in [-0.1, -0.05) is 34.4 Å². The van der Waals surface area contributed by atoms with Gasteiger partial charge in [0.15, 0.2) is 0 Å². The van der Waals surface area contributed by atoms with Gasteiger partial charge in [-0.15, -0.1) is 0 Å². The standard InChI is InChI=1S/C12H12Cl2N2O2/c1-17-5-4-10-11(12(15)18-16-10)7-2-3-8(13)9(14)6-7/h2-3,6H,4-5,15H2,1H3. The predicted molar refractivity (Wildman–Crippen MR) is 72.0 cm³/mol. The van der Waals surface area contributed by atoms with Crippen LogP contribution in [0, 0.1) is 0 Å². The van der Waals surface area contributed by atoms with Crippen molar-refractivity contribution in [1.29, 1.82) is 0 Å². The minimum absolute atomic E-state index is 0.263. The quantitative estimate of drug-likeness (QED) is 0.936. The average molecular weight is 287 g/mol. The molecule has 0 atom stereocenters. The number of halogens is 2. The second kappa shape index (κ2) is 5.61. The molecule has 6 heteroatoms. The van der Waals surface area contributed by atoms with E-state index in [0.29, 0.717) is 23.1 Å². The molecule has 0 saturated carbocycles. The molecule has 0 amide bonds. The molecule has 0 fully saturated rings. The molecule has 0 bridgehead atoms. The average Bonchev–Trinajstić information content (AvgIpc) is 2.71. The first kappa shape index (κ1) is 13.2. The number of nitrogens with two attached hydrogens (primary N) is 1. The van der Waals surface area contributed by atoms with Crippen molar-refractivity contribution >= 4 is 29.1 Å². The maximum atomic E-state index is 5.99. The molecule has 4 nitrogen and oxygen atoms in total. The third-order valence-electron chi connectivity index (χ3n) is 2.54. The van der Waals surface area contributed by atoms with Crippen LogP contribution in [0.1, 0.15) is 5.69 Å². The Hall–Kier alpha value is -1.23. The predicted octanol–water partition coefficient (Wildman–Crippen LogP) is 3.42. The van der Waals surface area contributed by atoms with Gasteiger partial charge in [-0.25, -0.2) is 0 Å². The fraction of sp³-hybridized carbons (Fsp3) is 0.250. The summed E-state index contributed by atoms with van der Waals surface area (Å²) in [6.45, 7) is 0.542. The van der Waals surface area contributed by atoms with Crippen LogP contribution in [0.25, 0.3) is 11.1 Å². The Morgan fingerprint density at radius 2 is 2.11 bits per heavy atom. The van der Waals surface area contributed by atoms with Crippen LogP contribution in [0.2, 0.25) is 10.0 Å². The normalized spacial score (nSPS) is 10.8. The molecule has 0 aliphatic carbocycles. The van der Waals surface area contributed by atoms with Crippen LogP contribution in [0.4, 0.5) is 5.88 Å². The summed E-state index contributed by atoms with van der Waals surface area (Å²) in [4.78, 5) is 0. The Morgan fingerprint density at radius 1 is 1.33 bits per heavy atom. The molecule has 0 aliphatic heterocycles. The number of aromatic nitrogens is 1. The lowest BCUT2D eigenvalue weighted by molar-refractivity contribution is 0.200. The Kier molecular flexibility index (Phi) is 4.11. The van der Waals surface area contributed by atoms with Crippen LogP contribution < -0.4 is 5.73 Å². The van der Waals surface area contributed by atoms with E-state index in [9.17, 15) is 0 Å². The molecule has 96 valence electrons. The van der Waals surface area contributed by atoms with Crippen LogP contribution in [0.3, 0.4) is 0 Å². The van der Waals surface area contributed by atoms with Gasteiger partial charge in [0, 0.05) is 13.5 Å². The number of nitrogen functional groups attached to an aromatic ring is 1. The monoisotopic (exact) mass is 286 g/mol. The molecule has 2 rings (SSSR count). The van der Waals surface area contributed by atoms with Crippen LogP contribution in [-0.4, -0.2) is 18.9 Å². The van der Waals surface area contributed by atoms with Crippen molar-refractivity contribution in [2.75, 3.05) is 19.5 Å². The highest BCUT2D eigenvalue weighted by molar-refractivity contribution is 6.42. The summed E-state index contributed by atoms with van der Waals surface area (Å²) in [5.74, 6) is 0.263. The van der Waals surface area contributed by atoms with Crippen molar-refractivity contribution in [2.45, 2.75) is 6.42 Å². The Bertz CT molecular complexity index is 555. The number of methoxy groups -OCH3 is 1. The van der Waals surface area contributed by atoms with Gasteiger partial charge in [-0.05, 0) is 17.7 Å². The fourth-order valence-electron chi connectivity index (χ4n) is 1.67. The molecular formula is C12H12Cl2N2O2. The fourth-order valence-corrected chi connectivity index (χ4v) is 1.97. The van der Waals surface area contributed by atoms with Crippen molar-refractivity contribution in [1.82, 2.24) is 5.16 Å². The molecule has 0 aliphatic rings. The van der Waals surface area contributed by atoms with Crippen molar-refractivity contribution in [2.24, 2.45) is 0 Å². The molecule has 0 unspecified atom stereocenters. The molecule has 1 aromatic heterocycles. The van der Waals surface area contributed by atoms with Gasteiger partial charge < -0.3 is 15.0 Å². The summed E-state index contributed by atoms with van der Waals surface area (Å²) in [5.41, 5.74) is 8.10. The number of hydrogen-bond acceptors (Lipinski definition) is 4. The Balaban J connectivity index is 2.42. The number of rotatable bonds is 4. The van der Waals surface area contributed by atoms with Gasteiger partial charge >= 0.3 is 0 Å². The lowest BCUT2D eigenvalue weighted by Crippen LogP contribution is -1.97. The van der Waals surface area contributed by atoms with E-state index in [0.717, 1.165) is 16.8 Å². The summed E-state index contributed by atoms with van der Waals surface area (Å²) in [5, 5.41) is 4.89. The molecule has 0 saturated heterocycles. The zero-order valence-corrected chi connectivity index (χ0v) is 11.3. The summed E-state index contributed by atoms with van der Waals surface area (Å²) in [7, 11) is 1.63. The Morgan fingerprint density at radius 3 is 2.78 bits per heavy atom. The molecule has 0 spiro atoms. The minimum Gasteiger partial charge on any atom is -0.384 e. The highest BCUT2D eigenvalue weighted by Gasteiger charge is 2.16. The van der Waals surface area contributed by atoms with E-state index in [1.807, 2.05) is 6.07 Å². The molecule has 1 heterocycles. The Labute approximate surface area is 115 Å². The molecule has 18 heavy (non-hydrogen) atoms. The summed E-state index contributed by atoms with van der Waals surface area (Å²) in [6, 6.07) is 5.28. The van der Waals surface area contributed by atoms with E-state index in [1.54, 1.807) is 19.2 Å². The van der Waals surface area contributed by atoms with Crippen LogP contribution in [0.5, 0.6) is 0 Å². The second-order valence-electron chi connectivity index (χ2n) is 3.74. The third-order valence-corrected chi connectivity index (χ3v) is 3.28. The van der Waals surface area contributed by atoms with Gasteiger partial charge in [0.1, 0.15) is 0 Å². The van der Waals surface area contributed by atoms with E-state index in [-0.39, 0.29) is 5.88 Å². The smallest absolute Gasteiger partial charge is 0.230 e. The number of anilines is 1. The minimum atomic E-state index is 0.263. The second-order valence-corrected chi connectivity index (χ2v) is 4.55. The number of ether oxygens (including phenoxy) is 1. The van der Waals surface area contributed by atoms with E-state index in [1.165, 1.54) is 0 Å².